The van der Waals surface area contributed by atoms with Crippen LogP contribution in [-0.2, 0) is 4.74 Å². The maximum Gasteiger partial charge on any atom is 0.167 e. The molecule has 1 aliphatic heterocycles. The molecule has 0 spiro atoms. The van der Waals surface area contributed by atoms with E-state index in [0.717, 1.165) is 0 Å². The summed E-state index contributed by atoms with van der Waals surface area (Å²) in [4.78, 5) is 12.0. The van der Waals surface area contributed by atoms with Crippen LogP contribution in [0.1, 0.15) is 6.23 Å². The van der Waals surface area contributed by atoms with Crippen molar-refractivity contribution in [3.8, 4) is 0 Å². The highest BCUT2D eigenvalue weighted by Gasteiger charge is 2.53. The van der Waals surface area contributed by atoms with Gasteiger partial charge in [-0.15, -0.1) is 6.58 Å². The van der Waals surface area contributed by atoms with E-state index >= 15 is 0 Å². The molecule has 3 heterocycles. The number of fused-ring (bicyclic) bond motifs is 1. The molecule has 0 saturated carbocycles. The van der Waals surface area contributed by atoms with Crippen molar-refractivity contribution in [2.24, 2.45) is 5.92 Å². The Morgan fingerprint density at radius 2 is 2.27 bits per heavy atom. The summed E-state index contributed by atoms with van der Waals surface area (Å²) in [6.45, 7) is 2.19. The van der Waals surface area contributed by atoms with Crippen molar-refractivity contribution in [1.29, 1.82) is 0 Å². The van der Waals surface area contributed by atoms with E-state index < -0.39 is 37.1 Å². The summed E-state index contributed by atoms with van der Waals surface area (Å²) in [5, 5.41) is 19.8. The first-order chi connectivity index (χ1) is 10.6. The van der Waals surface area contributed by atoms with E-state index in [1.54, 1.807) is 0 Å². The standard InChI is InChI=1S/C13H16FN5O3/c1-2-13(4-20)9(21)7(3-14)12(22-13)19-6-18-8-10(15)16-5-17-11(8)19/h2,5-7,9,12,20-21H,1,3-4H2,(H2,15,16,17)/t7?,9-,12+,13+/m0/s1. The van der Waals surface area contributed by atoms with Gasteiger partial charge < -0.3 is 20.7 Å². The highest BCUT2D eigenvalue weighted by atomic mass is 19.1. The highest BCUT2D eigenvalue weighted by molar-refractivity contribution is 5.81. The molecule has 1 aliphatic rings. The quantitative estimate of drug-likeness (QED) is 0.669. The van der Waals surface area contributed by atoms with Crippen molar-refractivity contribution in [2.75, 3.05) is 19.0 Å². The molecule has 0 bridgehead atoms. The molecular weight excluding hydrogens is 293 g/mol. The average Bonchev–Trinajstić information content (AvgIpc) is 3.07. The number of halogens is 1. The normalized spacial score (nSPS) is 31.7. The van der Waals surface area contributed by atoms with Gasteiger partial charge >= 0.3 is 0 Å². The van der Waals surface area contributed by atoms with Crippen LogP contribution in [0.3, 0.4) is 0 Å². The summed E-state index contributed by atoms with van der Waals surface area (Å²) in [6, 6.07) is 0. The number of hydrogen-bond donors (Lipinski definition) is 3. The lowest BCUT2D eigenvalue weighted by molar-refractivity contribution is -0.0959. The van der Waals surface area contributed by atoms with E-state index in [-0.39, 0.29) is 5.82 Å². The fourth-order valence-electron chi connectivity index (χ4n) is 2.74. The van der Waals surface area contributed by atoms with Crippen LogP contribution in [0.4, 0.5) is 10.2 Å². The highest BCUT2D eigenvalue weighted by Crippen LogP contribution is 2.43. The van der Waals surface area contributed by atoms with Crippen LogP contribution < -0.4 is 5.73 Å². The first-order valence-corrected chi connectivity index (χ1v) is 6.67. The molecule has 1 saturated heterocycles. The molecule has 0 aromatic carbocycles. The number of nitrogens with zero attached hydrogens (tertiary/aromatic N) is 4. The zero-order valence-corrected chi connectivity index (χ0v) is 11.6. The monoisotopic (exact) mass is 309 g/mol. The lowest BCUT2D eigenvalue weighted by Gasteiger charge is -2.26. The fraction of sp³-hybridized carbons (Fsp3) is 0.462. The Balaban J connectivity index is 2.10. The molecule has 4 atom stereocenters. The third kappa shape index (κ3) is 1.90. The maximum absolute atomic E-state index is 13.4. The molecule has 2 aromatic heterocycles. The topological polar surface area (TPSA) is 119 Å². The first kappa shape index (κ1) is 14.8. The van der Waals surface area contributed by atoms with Gasteiger partial charge in [0.2, 0.25) is 0 Å². The van der Waals surface area contributed by atoms with Crippen LogP contribution in [-0.4, -0.2) is 54.7 Å². The van der Waals surface area contributed by atoms with Crippen molar-refractivity contribution in [3.05, 3.63) is 25.3 Å². The van der Waals surface area contributed by atoms with E-state index in [1.807, 2.05) is 0 Å². The Hall–Kier alpha value is -2.10. The predicted molar refractivity (Wildman–Crippen MR) is 75.3 cm³/mol. The number of rotatable bonds is 4. The molecule has 8 nitrogen and oxygen atoms in total. The van der Waals surface area contributed by atoms with Gasteiger partial charge in [-0.1, -0.05) is 6.08 Å². The van der Waals surface area contributed by atoms with Crippen LogP contribution in [0.2, 0.25) is 0 Å². The van der Waals surface area contributed by atoms with Crippen molar-refractivity contribution < 1.29 is 19.3 Å². The van der Waals surface area contributed by atoms with E-state index in [0.29, 0.717) is 11.2 Å². The van der Waals surface area contributed by atoms with Gasteiger partial charge in [-0.2, -0.15) is 0 Å². The zero-order valence-electron chi connectivity index (χ0n) is 11.6. The second kappa shape index (κ2) is 5.27. The van der Waals surface area contributed by atoms with Crippen LogP contribution in [0.25, 0.3) is 11.2 Å². The molecule has 2 aromatic rings. The van der Waals surface area contributed by atoms with Gasteiger partial charge in [-0.05, 0) is 0 Å². The first-order valence-electron chi connectivity index (χ1n) is 6.67. The molecule has 1 unspecified atom stereocenters. The molecule has 0 aliphatic carbocycles. The molecule has 0 amide bonds. The van der Waals surface area contributed by atoms with Gasteiger partial charge in [0.1, 0.15) is 23.7 Å². The maximum atomic E-state index is 13.4. The molecule has 118 valence electrons. The van der Waals surface area contributed by atoms with Crippen LogP contribution >= 0.6 is 0 Å². The van der Waals surface area contributed by atoms with Gasteiger partial charge in [-0.25, -0.2) is 15.0 Å². The van der Waals surface area contributed by atoms with Crippen LogP contribution in [0, 0.1) is 5.92 Å². The number of anilines is 1. The Labute approximate surface area is 125 Å². The molecule has 9 heteroatoms. The molecule has 4 N–H and O–H groups in total. The molecule has 0 radical (unpaired) electrons. The van der Waals surface area contributed by atoms with Crippen LogP contribution in [0.5, 0.6) is 0 Å². The van der Waals surface area contributed by atoms with Gasteiger partial charge in [-0.3, -0.25) is 8.96 Å². The smallest absolute Gasteiger partial charge is 0.167 e. The van der Waals surface area contributed by atoms with Crippen molar-refractivity contribution in [1.82, 2.24) is 19.5 Å². The Bertz CT molecular complexity index is 708. The number of nitrogens with two attached hydrogens (primary N) is 1. The van der Waals surface area contributed by atoms with Crippen molar-refractivity contribution in [3.63, 3.8) is 0 Å². The Kier molecular flexibility index (Phi) is 3.55. The third-order valence-electron chi connectivity index (χ3n) is 4.04. The number of imidazole rings is 1. The van der Waals surface area contributed by atoms with E-state index in [4.69, 9.17) is 10.5 Å². The summed E-state index contributed by atoms with van der Waals surface area (Å²) in [5.74, 6) is -0.713. The number of nitrogen functional groups attached to an aromatic ring is 1. The van der Waals surface area contributed by atoms with Crippen molar-refractivity contribution >= 4 is 17.0 Å². The summed E-state index contributed by atoms with van der Waals surface area (Å²) in [7, 11) is 0. The summed E-state index contributed by atoms with van der Waals surface area (Å²) < 4.78 is 20.6. The third-order valence-corrected chi connectivity index (χ3v) is 4.04. The molecule has 22 heavy (non-hydrogen) atoms. The fourth-order valence-corrected chi connectivity index (χ4v) is 2.74. The minimum absolute atomic E-state index is 0.191. The van der Waals surface area contributed by atoms with Crippen LogP contribution in [0.15, 0.2) is 25.3 Å². The average molecular weight is 309 g/mol. The number of aliphatic hydroxyl groups is 2. The lowest BCUT2D eigenvalue weighted by Crippen LogP contribution is -2.43. The molecular formula is C13H16FN5O3. The second-order valence-corrected chi connectivity index (χ2v) is 5.17. The predicted octanol–water partition coefficient (Wildman–Crippen LogP) is -0.199. The SMILES string of the molecule is C=C[C@]1(CO)O[C@@H](n2cnc3c(N)ncnc32)C(CF)[C@@H]1O. The number of alkyl halides is 1. The van der Waals surface area contributed by atoms with Gasteiger partial charge in [0, 0.05) is 0 Å². The number of ether oxygens (including phenoxy) is 1. The summed E-state index contributed by atoms with van der Waals surface area (Å²) in [6.07, 6.45) is 1.79. The van der Waals surface area contributed by atoms with Gasteiger partial charge in [0.15, 0.2) is 11.5 Å². The number of aromatic nitrogens is 4. The Morgan fingerprint density at radius 3 is 2.91 bits per heavy atom. The summed E-state index contributed by atoms with van der Waals surface area (Å²) in [5.41, 5.74) is 5.01. The van der Waals surface area contributed by atoms with Gasteiger partial charge in [0.25, 0.3) is 0 Å². The summed E-state index contributed by atoms with van der Waals surface area (Å²) >= 11 is 0. The van der Waals surface area contributed by atoms with Gasteiger partial charge in [0.05, 0.1) is 31.6 Å². The minimum Gasteiger partial charge on any atom is -0.393 e. The molecule has 3 rings (SSSR count). The van der Waals surface area contributed by atoms with E-state index in [1.165, 1.54) is 23.3 Å². The van der Waals surface area contributed by atoms with Crippen molar-refractivity contribution in [2.45, 2.75) is 17.9 Å². The largest absolute Gasteiger partial charge is 0.393 e. The van der Waals surface area contributed by atoms with E-state index in [9.17, 15) is 14.6 Å². The number of hydrogen-bond acceptors (Lipinski definition) is 7. The minimum atomic E-state index is -1.43. The second-order valence-electron chi connectivity index (χ2n) is 5.17. The number of aliphatic hydroxyl groups excluding tert-OH is 2. The zero-order chi connectivity index (χ0) is 15.9. The Morgan fingerprint density at radius 1 is 1.50 bits per heavy atom. The van der Waals surface area contributed by atoms with E-state index in [2.05, 4.69) is 21.5 Å². The lowest BCUT2D eigenvalue weighted by atomic mass is 9.91. The molecule has 1 fully saturated rings.